The van der Waals surface area contributed by atoms with Gasteiger partial charge in [0.05, 0.1) is 9.79 Å². The molecule has 0 saturated carbocycles. The molecule has 5 aromatic rings. The molecule has 0 fully saturated rings. The lowest BCUT2D eigenvalue weighted by Crippen LogP contribution is -2.09. The van der Waals surface area contributed by atoms with E-state index in [4.69, 9.17) is 0 Å². The summed E-state index contributed by atoms with van der Waals surface area (Å²) in [7, 11) is -10.0. The first-order valence-corrected chi connectivity index (χ1v) is 18.7. The van der Waals surface area contributed by atoms with Crippen LogP contribution in [0.3, 0.4) is 0 Å². The summed E-state index contributed by atoms with van der Waals surface area (Å²) in [5, 5.41) is 48.4. The van der Waals surface area contributed by atoms with E-state index >= 15 is 0 Å². The van der Waals surface area contributed by atoms with Gasteiger partial charge in [-0.3, -0.25) is 0 Å². The molecule has 50 heavy (non-hydrogen) atoms. The summed E-state index contributed by atoms with van der Waals surface area (Å²) in [6.45, 7) is 3.77. The van der Waals surface area contributed by atoms with Crippen LogP contribution in [0.1, 0.15) is 69.0 Å². The van der Waals surface area contributed by atoms with Crippen molar-refractivity contribution in [3.63, 3.8) is 0 Å². The smallest absolute Gasteiger partial charge is 0.124 e. The number of fused-ring (bicyclic) bond motifs is 8. The second-order valence-corrected chi connectivity index (χ2v) is 15.6. The zero-order valence-corrected chi connectivity index (χ0v) is 28.8. The Kier molecular flexibility index (Phi) is 9.16. The van der Waals surface area contributed by atoms with Crippen molar-refractivity contribution >= 4 is 20.2 Å². The molecule has 0 spiro atoms. The predicted molar refractivity (Wildman–Crippen MR) is 182 cm³/mol. The number of phenols is 3. The molecule has 1 aliphatic carbocycles. The van der Waals surface area contributed by atoms with Crippen molar-refractivity contribution in [3.8, 4) is 34.1 Å². The van der Waals surface area contributed by atoms with Gasteiger partial charge in [-0.1, -0.05) is 55.3 Å². The van der Waals surface area contributed by atoms with Gasteiger partial charge in [0.25, 0.3) is 0 Å². The topological polar surface area (TPSA) is 198 Å². The van der Waals surface area contributed by atoms with Crippen LogP contribution in [0.25, 0.3) is 11.1 Å². The van der Waals surface area contributed by atoms with Gasteiger partial charge in [0.1, 0.15) is 37.5 Å². The Bertz CT molecular complexity index is 2240. The first-order chi connectivity index (χ1) is 23.5. The van der Waals surface area contributed by atoms with Crippen molar-refractivity contribution in [1.82, 2.24) is 0 Å². The standard InChI is InChI=1S/C38H36O10S2/c1-3-4-22-5-7-23(8-6-22)24-11-27-15-31-19-33(49(43,44)45)17-29(37(31)41)13-25-9-21(2)10-26(35(25)39)14-30-18-34(50(46,47)48)20-32(38(30)42)16-28(12-24)36(27)40/h5-12,17-20,39-42H,3-4,13-16H2,1-2H3,(H,43,44,45)(H,46,47,48)/p-3. The zero-order chi connectivity index (χ0) is 36.1. The van der Waals surface area contributed by atoms with E-state index in [0.717, 1.165) is 48.2 Å². The molecule has 0 aliphatic heterocycles. The first kappa shape index (κ1) is 35.0. The van der Waals surface area contributed by atoms with Crippen molar-refractivity contribution in [2.75, 3.05) is 0 Å². The third-order valence-corrected chi connectivity index (χ3v) is 10.7. The maximum Gasteiger partial charge on any atom is 0.124 e. The van der Waals surface area contributed by atoms with Crippen LogP contribution in [0.15, 0.2) is 82.6 Å². The summed E-state index contributed by atoms with van der Waals surface area (Å²) in [5.74, 6) is -1.52. The third kappa shape index (κ3) is 7.06. The Morgan fingerprint density at radius 3 is 1.32 bits per heavy atom. The highest BCUT2D eigenvalue weighted by Crippen LogP contribution is 2.40. The predicted octanol–water partition coefficient (Wildman–Crippen LogP) is 5.29. The summed E-state index contributed by atoms with van der Waals surface area (Å²) < 4.78 is 73.7. The molecular formula is C38H33O10S2-3. The highest BCUT2D eigenvalue weighted by atomic mass is 32.2. The molecule has 0 unspecified atom stereocenters. The number of benzene rings is 5. The van der Waals surface area contributed by atoms with E-state index in [1.807, 2.05) is 24.3 Å². The summed E-state index contributed by atoms with van der Waals surface area (Å²) >= 11 is 0. The Hall–Kier alpha value is -4.88. The summed E-state index contributed by atoms with van der Waals surface area (Å²) in [6.07, 6.45) is 0.753. The number of phenolic OH excluding ortho intramolecular Hbond substituents is 3. The molecule has 3 N–H and O–H groups in total. The molecule has 5 aromatic carbocycles. The zero-order valence-electron chi connectivity index (χ0n) is 27.2. The van der Waals surface area contributed by atoms with E-state index in [-0.39, 0.29) is 87.4 Å². The fraction of sp³-hybridized carbons (Fsp3) is 0.211. The van der Waals surface area contributed by atoms with Gasteiger partial charge < -0.3 is 29.5 Å². The van der Waals surface area contributed by atoms with E-state index in [2.05, 4.69) is 6.92 Å². The van der Waals surface area contributed by atoms with Crippen LogP contribution in [0.5, 0.6) is 23.0 Å². The maximum absolute atomic E-state index is 13.9. The number of aromatic hydroxyl groups is 3. The molecule has 0 amide bonds. The first-order valence-electron chi connectivity index (χ1n) is 15.9. The van der Waals surface area contributed by atoms with E-state index in [1.165, 1.54) is 0 Å². The highest BCUT2D eigenvalue weighted by Gasteiger charge is 2.22. The molecule has 1 aliphatic rings. The van der Waals surface area contributed by atoms with E-state index in [1.54, 1.807) is 31.2 Å². The van der Waals surface area contributed by atoms with E-state index < -0.39 is 35.8 Å². The van der Waals surface area contributed by atoms with Crippen LogP contribution in [0, 0.1) is 6.92 Å². The summed E-state index contributed by atoms with van der Waals surface area (Å²) in [6, 6.07) is 18.2. The van der Waals surface area contributed by atoms with Gasteiger partial charge in [0.15, 0.2) is 0 Å². The highest BCUT2D eigenvalue weighted by molar-refractivity contribution is 7.86. The molecule has 0 radical (unpaired) electrons. The van der Waals surface area contributed by atoms with Crippen molar-refractivity contribution in [3.05, 3.63) is 128 Å². The molecule has 10 nitrogen and oxygen atoms in total. The normalized spacial score (nSPS) is 13.3. The molecule has 0 saturated heterocycles. The van der Waals surface area contributed by atoms with Gasteiger partial charge in [0.2, 0.25) is 0 Å². The lowest BCUT2D eigenvalue weighted by atomic mass is 9.89. The van der Waals surface area contributed by atoms with Crippen LogP contribution in [-0.2, 0) is 52.3 Å². The SMILES string of the molecule is CCCc1ccc(-c2cc3c(O)c(c2)Cc2cc(S(=O)(=O)[O-])cc(c2O)Cc2cc(C)cc(c2O)Cc2cc(S(=O)(=O)[O-])cc(c2[O-])C3)cc1. The molecule has 12 heteroatoms. The van der Waals surface area contributed by atoms with Crippen molar-refractivity contribution in [2.24, 2.45) is 0 Å². The van der Waals surface area contributed by atoms with Crippen molar-refractivity contribution in [1.29, 1.82) is 0 Å². The number of hydrogen-bond donors (Lipinski definition) is 3. The second kappa shape index (κ2) is 13.1. The van der Waals surface area contributed by atoms with Gasteiger partial charge in [-0.2, -0.15) is 0 Å². The lowest BCUT2D eigenvalue weighted by molar-refractivity contribution is -0.270. The molecule has 0 aromatic heterocycles. The van der Waals surface area contributed by atoms with Crippen LogP contribution in [0.2, 0.25) is 0 Å². The van der Waals surface area contributed by atoms with Crippen LogP contribution in [0.4, 0.5) is 0 Å². The monoisotopic (exact) mass is 713 g/mol. The fourth-order valence-electron chi connectivity index (χ4n) is 6.64. The lowest BCUT2D eigenvalue weighted by Gasteiger charge is -2.24. The van der Waals surface area contributed by atoms with Crippen molar-refractivity contribution < 1.29 is 46.4 Å². The Balaban J connectivity index is 1.66. The van der Waals surface area contributed by atoms with Crippen molar-refractivity contribution in [2.45, 2.75) is 62.2 Å². The minimum absolute atomic E-state index is 0.0133. The van der Waals surface area contributed by atoms with Gasteiger partial charge in [0, 0.05) is 25.7 Å². The van der Waals surface area contributed by atoms with Gasteiger partial charge in [-0.15, -0.1) is 5.75 Å². The molecule has 6 rings (SSSR count). The number of rotatable bonds is 5. The Morgan fingerprint density at radius 1 is 0.560 bits per heavy atom. The molecular weight excluding hydrogens is 681 g/mol. The molecule has 0 heterocycles. The second-order valence-electron chi connectivity index (χ2n) is 12.8. The summed E-state index contributed by atoms with van der Waals surface area (Å²) in [4.78, 5) is -1.24. The summed E-state index contributed by atoms with van der Waals surface area (Å²) in [5.41, 5.74) is 3.78. The number of hydrogen-bond acceptors (Lipinski definition) is 10. The third-order valence-electron chi connectivity index (χ3n) is 9.06. The molecule has 8 bridgehead atoms. The van der Waals surface area contributed by atoms with Gasteiger partial charge in [-0.05, 0) is 111 Å². The average Bonchev–Trinajstić information content (AvgIpc) is 3.03. The Labute approximate surface area is 290 Å². The quantitative estimate of drug-likeness (QED) is 0.197. The van der Waals surface area contributed by atoms with Gasteiger partial charge >= 0.3 is 0 Å². The Morgan fingerprint density at radius 2 is 0.920 bits per heavy atom. The largest absolute Gasteiger partial charge is 0.872 e. The van der Waals surface area contributed by atoms with Crippen LogP contribution in [-0.4, -0.2) is 41.3 Å². The van der Waals surface area contributed by atoms with E-state index in [0.29, 0.717) is 11.1 Å². The van der Waals surface area contributed by atoms with Crippen LogP contribution >= 0.6 is 0 Å². The average molecular weight is 714 g/mol. The van der Waals surface area contributed by atoms with Gasteiger partial charge in [-0.25, -0.2) is 16.8 Å². The fourth-order valence-corrected chi connectivity index (χ4v) is 7.79. The van der Waals surface area contributed by atoms with E-state index in [9.17, 15) is 46.4 Å². The molecule has 260 valence electrons. The molecule has 0 atom stereocenters. The minimum Gasteiger partial charge on any atom is -0.872 e. The van der Waals surface area contributed by atoms with Crippen LogP contribution < -0.4 is 5.11 Å². The number of aryl methyl sites for hydroxylation is 2. The minimum atomic E-state index is -5.03. The maximum atomic E-state index is 13.9.